The molecule has 1 N–H and O–H groups in total. The third-order valence-corrected chi connectivity index (χ3v) is 3.49. The highest BCUT2D eigenvalue weighted by Gasteiger charge is 2.09. The molecule has 0 saturated carbocycles. The van der Waals surface area contributed by atoms with Crippen LogP contribution in [0.5, 0.6) is 5.75 Å². The molecule has 0 amide bonds. The average Bonchev–Trinajstić information content (AvgIpc) is 2.68. The minimum absolute atomic E-state index is 0.108. The van der Waals surface area contributed by atoms with Gasteiger partial charge in [0.2, 0.25) is 0 Å². The van der Waals surface area contributed by atoms with E-state index in [0.29, 0.717) is 15.9 Å². The molecule has 5 heteroatoms. The number of hydrogen-bond acceptors (Lipinski definition) is 4. The van der Waals surface area contributed by atoms with Crippen molar-refractivity contribution in [2.24, 2.45) is 0 Å². The number of hydrogen-bond donors (Lipinski definition) is 1. The largest absolute Gasteiger partial charge is 0.508 e. The molecule has 2 heterocycles. The number of pyridine rings is 1. The van der Waals surface area contributed by atoms with Gasteiger partial charge in [0.25, 0.3) is 5.56 Å². The molecule has 0 radical (unpaired) electrons. The molecule has 1 aromatic carbocycles. The summed E-state index contributed by atoms with van der Waals surface area (Å²) in [4.78, 5) is 16.9. The predicted octanol–water partition coefficient (Wildman–Crippen LogP) is 2.15. The number of fused-ring (bicyclic) bond motifs is 1. The summed E-state index contributed by atoms with van der Waals surface area (Å²) in [6.45, 7) is 0. The van der Waals surface area contributed by atoms with E-state index in [1.54, 1.807) is 42.6 Å². The summed E-state index contributed by atoms with van der Waals surface area (Å²) >= 11 is 1.27. The van der Waals surface area contributed by atoms with Gasteiger partial charge in [0, 0.05) is 12.3 Å². The van der Waals surface area contributed by atoms with E-state index in [9.17, 15) is 9.90 Å². The standard InChI is InChI=1S/C12H8N2O2S/c15-9-4-1-3-8(7-9)14-12(16)10-5-2-6-13-11(10)17-14/h1-7,15H. The van der Waals surface area contributed by atoms with E-state index in [1.807, 2.05) is 0 Å². The first-order valence-electron chi connectivity index (χ1n) is 5.02. The summed E-state index contributed by atoms with van der Waals surface area (Å²) in [5.74, 6) is 0.139. The van der Waals surface area contributed by atoms with Crippen molar-refractivity contribution in [3.8, 4) is 11.4 Å². The van der Waals surface area contributed by atoms with E-state index in [0.717, 1.165) is 0 Å². The molecule has 3 rings (SSSR count). The van der Waals surface area contributed by atoms with Crippen molar-refractivity contribution in [2.45, 2.75) is 0 Å². The molecule has 3 aromatic rings. The van der Waals surface area contributed by atoms with Gasteiger partial charge in [-0.15, -0.1) is 0 Å². The van der Waals surface area contributed by atoms with Crippen LogP contribution >= 0.6 is 11.5 Å². The Morgan fingerprint density at radius 3 is 2.88 bits per heavy atom. The average molecular weight is 244 g/mol. The number of aromatic nitrogens is 2. The van der Waals surface area contributed by atoms with Gasteiger partial charge < -0.3 is 5.11 Å². The van der Waals surface area contributed by atoms with Crippen LogP contribution < -0.4 is 5.56 Å². The summed E-state index contributed by atoms with van der Waals surface area (Å²) in [6.07, 6.45) is 1.66. The van der Waals surface area contributed by atoms with Crippen LogP contribution in [0.1, 0.15) is 0 Å². The molecule has 0 aliphatic carbocycles. The molecular formula is C12H8N2O2S. The molecule has 0 atom stereocenters. The van der Waals surface area contributed by atoms with Gasteiger partial charge in [-0.25, -0.2) is 8.94 Å². The van der Waals surface area contributed by atoms with E-state index in [1.165, 1.54) is 15.5 Å². The van der Waals surface area contributed by atoms with Gasteiger partial charge in [-0.2, -0.15) is 0 Å². The Bertz CT molecular complexity index is 745. The topological polar surface area (TPSA) is 55.1 Å². The van der Waals surface area contributed by atoms with Crippen molar-refractivity contribution < 1.29 is 5.11 Å². The summed E-state index contributed by atoms with van der Waals surface area (Å²) in [6, 6.07) is 10.1. The fraction of sp³-hybridized carbons (Fsp3) is 0. The molecular weight excluding hydrogens is 236 g/mol. The lowest BCUT2D eigenvalue weighted by atomic mass is 10.3. The van der Waals surface area contributed by atoms with E-state index in [-0.39, 0.29) is 11.3 Å². The summed E-state index contributed by atoms with van der Waals surface area (Å²) in [5, 5.41) is 10.0. The number of benzene rings is 1. The summed E-state index contributed by atoms with van der Waals surface area (Å²) < 4.78 is 1.53. The Hall–Kier alpha value is -2.14. The molecule has 0 unspecified atom stereocenters. The first-order valence-corrected chi connectivity index (χ1v) is 5.79. The van der Waals surface area contributed by atoms with Crippen LogP contribution in [-0.2, 0) is 0 Å². The monoisotopic (exact) mass is 244 g/mol. The SMILES string of the molecule is O=c1c2cccnc2sn1-c1cccc(O)c1. The second-order valence-electron chi connectivity index (χ2n) is 3.57. The van der Waals surface area contributed by atoms with Gasteiger partial charge in [0.1, 0.15) is 10.6 Å². The first kappa shape index (κ1) is 10.0. The lowest BCUT2D eigenvalue weighted by molar-refractivity contribution is 0.475. The maximum Gasteiger partial charge on any atom is 0.274 e. The minimum atomic E-state index is -0.108. The van der Waals surface area contributed by atoms with Crippen molar-refractivity contribution in [3.63, 3.8) is 0 Å². The second-order valence-corrected chi connectivity index (χ2v) is 4.50. The lowest BCUT2D eigenvalue weighted by Gasteiger charge is -1.99. The predicted molar refractivity (Wildman–Crippen MR) is 66.9 cm³/mol. The van der Waals surface area contributed by atoms with Gasteiger partial charge in [-0.1, -0.05) is 6.07 Å². The smallest absolute Gasteiger partial charge is 0.274 e. The highest BCUT2D eigenvalue weighted by atomic mass is 32.1. The quantitative estimate of drug-likeness (QED) is 0.713. The molecule has 0 fully saturated rings. The Balaban J connectivity index is 2.31. The van der Waals surface area contributed by atoms with Crippen molar-refractivity contribution in [1.29, 1.82) is 0 Å². The molecule has 2 aromatic heterocycles. The number of phenolic OH excluding ortho intramolecular Hbond substituents is 1. The highest BCUT2D eigenvalue weighted by Crippen LogP contribution is 2.20. The minimum Gasteiger partial charge on any atom is -0.508 e. The van der Waals surface area contributed by atoms with Crippen LogP contribution in [0.4, 0.5) is 0 Å². The lowest BCUT2D eigenvalue weighted by Crippen LogP contribution is -2.10. The van der Waals surface area contributed by atoms with Crippen LogP contribution in [0.3, 0.4) is 0 Å². The van der Waals surface area contributed by atoms with E-state index in [2.05, 4.69) is 4.98 Å². The highest BCUT2D eigenvalue weighted by molar-refractivity contribution is 7.13. The third-order valence-electron chi connectivity index (χ3n) is 2.43. The van der Waals surface area contributed by atoms with Gasteiger partial charge >= 0.3 is 0 Å². The Morgan fingerprint density at radius 2 is 2.12 bits per heavy atom. The zero-order valence-corrected chi connectivity index (χ0v) is 9.52. The number of nitrogens with zero attached hydrogens (tertiary/aromatic N) is 2. The Labute approximate surface area is 101 Å². The van der Waals surface area contributed by atoms with E-state index < -0.39 is 0 Å². The first-order chi connectivity index (χ1) is 8.25. The number of aromatic hydroxyl groups is 1. The molecule has 4 nitrogen and oxygen atoms in total. The van der Waals surface area contributed by atoms with Crippen LogP contribution in [0.15, 0.2) is 47.4 Å². The maximum atomic E-state index is 12.1. The van der Waals surface area contributed by atoms with Crippen molar-refractivity contribution in [2.75, 3.05) is 0 Å². The number of phenols is 1. The molecule has 0 saturated heterocycles. The second kappa shape index (κ2) is 3.71. The Morgan fingerprint density at radius 1 is 1.24 bits per heavy atom. The molecule has 17 heavy (non-hydrogen) atoms. The molecule has 0 bridgehead atoms. The van der Waals surface area contributed by atoms with Crippen molar-refractivity contribution >= 4 is 21.7 Å². The fourth-order valence-corrected chi connectivity index (χ4v) is 2.59. The van der Waals surface area contributed by atoms with Crippen molar-refractivity contribution in [1.82, 2.24) is 8.94 Å². The van der Waals surface area contributed by atoms with Crippen LogP contribution in [0.2, 0.25) is 0 Å². The van der Waals surface area contributed by atoms with Crippen LogP contribution in [-0.4, -0.2) is 14.0 Å². The third kappa shape index (κ3) is 1.60. The van der Waals surface area contributed by atoms with Crippen LogP contribution in [0.25, 0.3) is 15.9 Å². The molecule has 84 valence electrons. The zero-order valence-electron chi connectivity index (χ0n) is 8.70. The van der Waals surface area contributed by atoms with E-state index >= 15 is 0 Å². The molecule has 0 aliphatic heterocycles. The summed E-state index contributed by atoms with van der Waals surface area (Å²) in [7, 11) is 0. The number of rotatable bonds is 1. The summed E-state index contributed by atoms with van der Waals surface area (Å²) in [5.41, 5.74) is 0.543. The van der Waals surface area contributed by atoms with Gasteiger partial charge in [0.15, 0.2) is 0 Å². The zero-order chi connectivity index (χ0) is 11.8. The van der Waals surface area contributed by atoms with E-state index in [4.69, 9.17) is 0 Å². The van der Waals surface area contributed by atoms with Gasteiger partial charge in [-0.05, 0) is 35.8 Å². The fourth-order valence-electron chi connectivity index (χ4n) is 1.65. The van der Waals surface area contributed by atoms with Crippen LogP contribution in [0, 0.1) is 0 Å². The normalized spacial score (nSPS) is 10.8. The van der Waals surface area contributed by atoms with Gasteiger partial charge in [0.05, 0.1) is 11.1 Å². The Kier molecular flexibility index (Phi) is 2.19. The molecule has 0 spiro atoms. The van der Waals surface area contributed by atoms with Crippen molar-refractivity contribution in [3.05, 3.63) is 52.9 Å². The van der Waals surface area contributed by atoms with Gasteiger partial charge in [-0.3, -0.25) is 4.79 Å². The maximum absolute atomic E-state index is 12.1. The molecule has 0 aliphatic rings.